The van der Waals surface area contributed by atoms with E-state index in [-0.39, 0.29) is 5.41 Å². The third kappa shape index (κ3) is 4.99. The number of aromatic nitrogens is 1. The van der Waals surface area contributed by atoms with Crippen molar-refractivity contribution in [3.8, 4) is 0 Å². The molecule has 0 atom stereocenters. The van der Waals surface area contributed by atoms with Crippen LogP contribution in [0.15, 0.2) is 24.4 Å². The van der Waals surface area contributed by atoms with Crippen molar-refractivity contribution in [2.75, 3.05) is 18.5 Å². The van der Waals surface area contributed by atoms with E-state index in [9.17, 15) is 4.79 Å². The molecule has 1 rings (SSSR count). The Balaban J connectivity index is 2.73. The predicted molar refractivity (Wildman–Crippen MR) is 73.6 cm³/mol. The molecule has 1 N–H and O–H groups in total. The number of pyridine rings is 1. The molecule has 0 aliphatic rings. The van der Waals surface area contributed by atoms with Crippen LogP contribution in [-0.2, 0) is 4.79 Å². The Morgan fingerprint density at radius 2 is 2.11 bits per heavy atom. The van der Waals surface area contributed by atoms with Gasteiger partial charge >= 0.3 is 5.97 Å². The van der Waals surface area contributed by atoms with Crippen LogP contribution in [0.3, 0.4) is 0 Å². The highest BCUT2D eigenvalue weighted by Gasteiger charge is 2.14. The van der Waals surface area contributed by atoms with Crippen molar-refractivity contribution in [3.63, 3.8) is 0 Å². The first kappa shape index (κ1) is 14.2. The molecule has 18 heavy (non-hydrogen) atoms. The number of carboxylic acids is 1. The number of hydrogen-bond donors (Lipinski definition) is 1. The number of anilines is 1. The third-order valence-corrected chi connectivity index (χ3v) is 2.29. The number of aliphatic carboxylic acids is 1. The van der Waals surface area contributed by atoms with E-state index in [1.165, 1.54) is 6.08 Å². The van der Waals surface area contributed by atoms with Gasteiger partial charge in [0.25, 0.3) is 0 Å². The first-order valence-corrected chi connectivity index (χ1v) is 5.86. The van der Waals surface area contributed by atoms with Crippen LogP contribution < -0.4 is 4.90 Å². The molecule has 0 aliphatic carbocycles. The summed E-state index contributed by atoms with van der Waals surface area (Å²) >= 11 is 0. The summed E-state index contributed by atoms with van der Waals surface area (Å²) in [7, 11) is 2.00. The molecular formula is C14H20N2O2. The number of rotatable bonds is 4. The van der Waals surface area contributed by atoms with E-state index in [1.54, 1.807) is 6.20 Å². The van der Waals surface area contributed by atoms with Gasteiger partial charge in [-0.2, -0.15) is 0 Å². The lowest BCUT2D eigenvalue weighted by molar-refractivity contribution is -0.131. The van der Waals surface area contributed by atoms with Crippen LogP contribution in [0.2, 0.25) is 0 Å². The quantitative estimate of drug-likeness (QED) is 0.832. The Labute approximate surface area is 108 Å². The van der Waals surface area contributed by atoms with Crippen LogP contribution in [0, 0.1) is 5.41 Å². The van der Waals surface area contributed by atoms with Gasteiger partial charge in [-0.1, -0.05) is 20.8 Å². The van der Waals surface area contributed by atoms with E-state index in [2.05, 4.69) is 30.7 Å². The molecule has 0 amide bonds. The highest BCUT2D eigenvalue weighted by atomic mass is 16.4. The van der Waals surface area contributed by atoms with Gasteiger partial charge in [0.15, 0.2) is 0 Å². The maximum atomic E-state index is 10.4. The zero-order valence-corrected chi connectivity index (χ0v) is 11.3. The average Bonchev–Trinajstić information content (AvgIpc) is 2.24. The van der Waals surface area contributed by atoms with Gasteiger partial charge in [-0.25, -0.2) is 9.78 Å². The van der Waals surface area contributed by atoms with E-state index >= 15 is 0 Å². The fourth-order valence-corrected chi connectivity index (χ4v) is 1.68. The van der Waals surface area contributed by atoms with Crippen LogP contribution in [0.4, 0.5) is 5.82 Å². The van der Waals surface area contributed by atoms with Gasteiger partial charge in [0.2, 0.25) is 0 Å². The van der Waals surface area contributed by atoms with Gasteiger partial charge < -0.3 is 10.0 Å². The van der Waals surface area contributed by atoms with Crippen LogP contribution in [0.5, 0.6) is 0 Å². The first-order chi connectivity index (χ1) is 8.28. The van der Waals surface area contributed by atoms with Crippen LogP contribution >= 0.6 is 0 Å². The molecule has 0 radical (unpaired) electrons. The molecule has 0 bridgehead atoms. The smallest absolute Gasteiger partial charge is 0.328 e. The molecular weight excluding hydrogens is 228 g/mol. The molecule has 0 saturated carbocycles. The van der Waals surface area contributed by atoms with Crippen molar-refractivity contribution in [1.29, 1.82) is 0 Å². The van der Waals surface area contributed by atoms with Crippen LogP contribution in [0.1, 0.15) is 26.3 Å². The second-order valence-electron chi connectivity index (χ2n) is 5.54. The topological polar surface area (TPSA) is 53.4 Å². The molecule has 0 aliphatic heterocycles. The number of hydrogen-bond acceptors (Lipinski definition) is 3. The van der Waals surface area contributed by atoms with Gasteiger partial charge in [0.05, 0.1) is 0 Å². The number of carboxylic acid groups (broad SMARTS) is 1. The molecule has 1 heterocycles. The van der Waals surface area contributed by atoms with Crippen LogP contribution in [-0.4, -0.2) is 29.7 Å². The van der Waals surface area contributed by atoms with E-state index in [4.69, 9.17) is 5.11 Å². The Kier molecular flexibility index (Phi) is 4.48. The van der Waals surface area contributed by atoms with Crippen molar-refractivity contribution in [2.45, 2.75) is 20.8 Å². The fourth-order valence-electron chi connectivity index (χ4n) is 1.68. The molecule has 0 fully saturated rings. The summed E-state index contributed by atoms with van der Waals surface area (Å²) < 4.78 is 0. The summed E-state index contributed by atoms with van der Waals surface area (Å²) in [5, 5.41) is 8.53. The SMILES string of the molecule is CN(CC(C)(C)C)c1ccc(/C=C/C(=O)O)cn1. The Morgan fingerprint density at radius 3 is 2.56 bits per heavy atom. The van der Waals surface area contributed by atoms with E-state index in [0.717, 1.165) is 24.0 Å². The minimum absolute atomic E-state index is 0.207. The van der Waals surface area contributed by atoms with Crippen LogP contribution in [0.25, 0.3) is 6.08 Å². The lowest BCUT2D eigenvalue weighted by Gasteiger charge is -2.27. The fraction of sp³-hybridized carbons (Fsp3) is 0.429. The van der Waals surface area contributed by atoms with Gasteiger partial charge in [-0.05, 0) is 29.2 Å². The normalized spacial score (nSPS) is 11.8. The predicted octanol–water partition coefficient (Wildman–Crippen LogP) is 2.66. The minimum Gasteiger partial charge on any atom is -0.478 e. The van der Waals surface area contributed by atoms with Gasteiger partial charge in [0.1, 0.15) is 5.82 Å². The molecule has 4 heteroatoms. The van der Waals surface area contributed by atoms with E-state index in [1.807, 2.05) is 19.2 Å². The highest BCUT2D eigenvalue weighted by Crippen LogP contribution is 2.18. The second-order valence-corrected chi connectivity index (χ2v) is 5.54. The zero-order chi connectivity index (χ0) is 13.8. The maximum Gasteiger partial charge on any atom is 0.328 e. The maximum absolute atomic E-state index is 10.4. The summed E-state index contributed by atoms with van der Waals surface area (Å²) in [4.78, 5) is 16.8. The monoisotopic (exact) mass is 248 g/mol. The molecule has 0 aromatic carbocycles. The highest BCUT2D eigenvalue weighted by molar-refractivity contribution is 5.85. The largest absolute Gasteiger partial charge is 0.478 e. The van der Waals surface area contributed by atoms with Gasteiger partial charge in [-0.15, -0.1) is 0 Å². The Hall–Kier alpha value is -1.84. The minimum atomic E-state index is -0.955. The molecule has 0 spiro atoms. The summed E-state index contributed by atoms with van der Waals surface area (Å²) in [6.45, 7) is 7.43. The van der Waals surface area contributed by atoms with Crippen molar-refractivity contribution in [2.24, 2.45) is 5.41 Å². The first-order valence-electron chi connectivity index (χ1n) is 5.86. The number of nitrogens with zero attached hydrogens (tertiary/aromatic N) is 2. The van der Waals surface area contributed by atoms with E-state index in [0.29, 0.717) is 0 Å². The second kappa shape index (κ2) is 5.67. The third-order valence-electron chi connectivity index (χ3n) is 2.29. The molecule has 4 nitrogen and oxygen atoms in total. The molecule has 0 unspecified atom stereocenters. The summed E-state index contributed by atoms with van der Waals surface area (Å²) in [6.07, 6.45) is 4.31. The summed E-state index contributed by atoms with van der Waals surface area (Å²) in [5.74, 6) is -0.0682. The summed E-state index contributed by atoms with van der Waals surface area (Å²) in [5.41, 5.74) is 0.989. The standard InChI is InChI=1S/C14H20N2O2/c1-14(2,3)10-16(4)12-7-5-11(9-15-12)6-8-13(17)18/h5-9H,10H2,1-4H3,(H,17,18)/b8-6+. The lowest BCUT2D eigenvalue weighted by Crippen LogP contribution is -2.29. The van der Waals surface area contributed by atoms with Gasteiger partial charge in [0, 0.05) is 25.9 Å². The lowest BCUT2D eigenvalue weighted by atomic mass is 9.96. The molecule has 0 saturated heterocycles. The Bertz CT molecular complexity index is 430. The van der Waals surface area contributed by atoms with Crippen molar-refractivity contribution in [1.82, 2.24) is 4.98 Å². The van der Waals surface area contributed by atoms with Crippen molar-refractivity contribution < 1.29 is 9.90 Å². The van der Waals surface area contributed by atoms with Gasteiger partial charge in [-0.3, -0.25) is 0 Å². The average molecular weight is 248 g/mol. The summed E-state index contributed by atoms with van der Waals surface area (Å²) in [6, 6.07) is 3.76. The van der Waals surface area contributed by atoms with E-state index < -0.39 is 5.97 Å². The number of carbonyl (C=O) groups is 1. The molecule has 98 valence electrons. The Morgan fingerprint density at radius 1 is 1.44 bits per heavy atom. The van der Waals surface area contributed by atoms with Crippen molar-refractivity contribution >= 4 is 17.9 Å². The molecule has 1 aromatic heterocycles. The zero-order valence-electron chi connectivity index (χ0n) is 11.3. The van der Waals surface area contributed by atoms with Crippen molar-refractivity contribution in [3.05, 3.63) is 30.0 Å². The molecule has 1 aromatic rings.